The van der Waals surface area contributed by atoms with E-state index in [9.17, 15) is 9.00 Å². The average molecular weight is 430 g/mol. The lowest BCUT2D eigenvalue weighted by molar-refractivity contribution is -0.117. The Morgan fingerprint density at radius 1 is 1.03 bits per heavy atom. The smallest absolute Gasteiger partial charge is 0.259 e. The Balaban J connectivity index is 2.38. The van der Waals surface area contributed by atoms with Gasteiger partial charge in [-0.15, -0.1) is 4.36 Å². The zero-order valence-corrected chi connectivity index (χ0v) is 20.0. The summed E-state index contributed by atoms with van der Waals surface area (Å²) in [4.78, 5) is 15.2. The Kier molecular flexibility index (Phi) is 7.97. The SMILES string of the molecule is Cc1cc(C(C)C)c(CC(=O)N=S(N)(=O)c2ccc(CN(C)C)cc2)c(C(C)C)c1. The molecule has 0 saturated heterocycles. The highest BCUT2D eigenvalue weighted by atomic mass is 32.2. The largest absolute Gasteiger partial charge is 0.305 e. The molecular weight excluding hydrogens is 394 g/mol. The zero-order valence-electron chi connectivity index (χ0n) is 19.2. The van der Waals surface area contributed by atoms with E-state index >= 15 is 0 Å². The van der Waals surface area contributed by atoms with Crippen LogP contribution in [0.15, 0.2) is 45.7 Å². The van der Waals surface area contributed by atoms with Gasteiger partial charge < -0.3 is 4.90 Å². The summed E-state index contributed by atoms with van der Waals surface area (Å²) in [5.41, 5.74) is 5.51. The minimum absolute atomic E-state index is 0.105. The Morgan fingerprint density at radius 3 is 1.97 bits per heavy atom. The van der Waals surface area contributed by atoms with Crippen LogP contribution in [0.2, 0.25) is 0 Å². The van der Waals surface area contributed by atoms with Crippen LogP contribution >= 0.6 is 0 Å². The number of nitrogens with zero attached hydrogens (tertiary/aromatic N) is 2. The highest BCUT2D eigenvalue weighted by molar-refractivity contribution is 7.91. The van der Waals surface area contributed by atoms with Gasteiger partial charge in [-0.05, 0) is 67.2 Å². The molecular formula is C24H35N3O2S. The van der Waals surface area contributed by atoms with E-state index in [1.165, 1.54) is 5.56 Å². The van der Waals surface area contributed by atoms with E-state index in [0.29, 0.717) is 4.90 Å². The summed E-state index contributed by atoms with van der Waals surface area (Å²) in [5, 5.41) is 5.99. The van der Waals surface area contributed by atoms with Crippen LogP contribution in [-0.2, 0) is 27.7 Å². The van der Waals surface area contributed by atoms with E-state index in [1.807, 2.05) is 31.1 Å². The maximum Gasteiger partial charge on any atom is 0.259 e. The lowest BCUT2D eigenvalue weighted by Gasteiger charge is -2.20. The molecule has 0 aliphatic heterocycles. The summed E-state index contributed by atoms with van der Waals surface area (Å²) in [7, 11) is 0.677. The summed E-state index contributed by atoms with van der Waals surface area (Å²) < 4.78 is 16.9. The molecule has 1 unspecified atom stereocenters. The molecule has 0 heterocycles. The molecule has 0 aliphatic carbocycles. The van der Waals surface area contributed by atoms with Gasteiger partial charge in [0.05, 0.1) is 11.3 Å². The van der Waals surface area contributed by atoms with E-state index in [1.54, 1.807) is 12.1 Å². The fourth-order valence-electron chi connectivity index (χ4n) is 3.65. The van der Waals surface area contributed by atoms with Gasteiger partial charge in [0.1, 0.15) is 9.92 Å². The van der Waals surface area contributed by atoms with Crippen LogP contribution in [0.1, 0.15) is 67.3 Å². The number of carbonyl (C=O) groups excluding carboxylic acids is 1. The van der Waals surface area contributed by atoms with Crippen molar-refractivity contribution in [3.8, 4) is 0 Å². The molecule has 0 aromatic heterocycles. The fraction of sp³-hybridized carbons (Fsp3) is 0.458. The van der Waals surface area contributed by atoms with E-state index in [4.69, 9.17) is 5.14 Å². The second-order valence-corrected chi connectivity index (χ2v) is 10.6. The van der Waals surface area contributed by atoms with Crippen LogP contribution < -0.4 is 5.14 Å². The molecule has 0 radical (unpaired) electrons. The third-order valence-electron chi connectivity index (χ3n) is 5.03. The van der Waals surface area contributed by atoms with Crippen molar-refractivity contribution in [2.24, 2.45) is 9.50 Å². The lowest BCUT2D eigenvalue weighted by Crippen LogP contribution is -2.17. The predicted molar refractivity (Wildman–Crippen MR) is 125 cm³/mol. The number of rotatable bonds is 7. The monoisotopic (exact) mass is 429 g/mol. The lowest BCUT2D eigenvalue weighted by atomic mass is 9.85. The number of carbonyl (C=O) groups is 1. The minimum Gasteiger partial charge on any atom is -0.305 e. The Bertz CT molecular complexity index is 986. The first-order chi connectivity index (χ1) is 13.9. The summed E-state index contributed by atoms with van der Waals surface area (Å²) in [5.74, 6) is 0.0980. The van der Waals surface area contributed by atoms with Crippen molar-refractivity contribution in [1.29, 1.82) is 0 Å². The van der Waals surface area contributed by atoms with Crippen LogP contribution in [0, 0.1) is 6.92 Å². The molecule has 6 heteroatoms. The first-order valence-electron chi connectivity index (χ1n) is 10.4. The van der Waals surface area contributed by atoms with Gasteiger partial charge >= 0.3 is 0 Å². The van der Waals surface area contributed by atoms with Crippen molar-refractivity contribution in [3.63, 3.8) is 0 Å². The molecule has 30 heavy (non-hydrogen) atoms. The van der Waals surface area contributed by atoms with Gasteiger partial charge in [-0.25, -0.2) is 9.35 Å². The maximum atomic E-state index is 13.0. The van der Waals surface area contributed by atoms with Gasteiger partial charge in [0.2, 0.25) is 0 Å². The molecule has 5 nitrogen and oxygen atoms in total. The molecule has 1 amide bonds. The van der Waals surface area contributed by atoms with Gasteiger partial charge in [-0.3, -0.25) is 4.79 Å². The van der Waals surface area contributed by atoms with Gasteiger partial charge in [0.15, 0.2) is 0 Å². The number of nitrogens with two attached hydrogens (primary N) is 1. The number of hydrogen-bond donors (Lipinski definition) is 1. The van der Waals surface area contributed by atoms with Crippen molar-refractivity contribution in [1.82, 2.24) is 4.90 Å². The molecule has 2 aromatic rings. The molecule has 0 spiro atoms. The van der Waals surface area contributed by atoms with Crippen LogP contribution in [0.4, 0.5) is 0 Å². The third kappa shape index (κ3) is 6.24. The second-order valence-electron chi connectivity index (χ2n) is 8.84. The Morgan fingerprint density at radius 2 is 1.53 bits per heavy atom. The summed E-state index contributed by atoms with van der Waals surface area (Å²) in [6.45, 7) is 11.3. The van der Waals surface area contributed by atoms with E-state index < -0.39 is 15.8 Å². The molecule has 0 bridgehead atoms. The summed E-state index contributed by atoms with van der Waals surface area (Å²) in [6.07, 6.45) is 0.105. The third-order valence-corrected chi connectivity index (χ3v) is 6.46. The van der Waals surface area contributed by atoms with Crippen molar-refractivity contribution >= 4 is 15.8 Å². The first kappa shape index (κ1) is 24.3. The quantitative estimate of drug-likeness (QED) is 0.688. The number of amides is 1. The van der Waals surface area contributed by atoms with Crippen LogP contribution in [0.3, 0.4) is 0 Å². The first-order valence-corrected chi connectivity index (χ1v) is 11.9. The van der Waals surface area contributed by atoms with Crippen molar-refractivity contribution in [2.45, 2.75) is 64.3 Å². The van der Waals surface area contributed by atoms with Crippen molar-refractivity contribution in [3.05, 3.63) is 64.2 Å². The summed E-state index contributed by atoms with van der Waals surface area (Å²) in [6, 6.07) is 11.4. The molecule has 2 rings (SSSR count). The number of benzene rings is 2. The zero-order chi connectivity index (χ0) is 22.6. The van der Waals surface area contributed by atoms with Crippen LogP contribution in [0.5, 0.6) is 0 Å². The van der Waals surface area contributed by atoms with Crippen molar-refractivity contribution in [2.75, 3.05) is 14.1 Å². The number of hydrogen-bond acceptors (Lipinski definition) is 3. The highest BCUT2D eigenvalue weighted by Crippen LogP contribution is 2.30. The van der Waals surface area contributed by atoms with Gasteiger partial charge in [-0.2, -0.15) is 0 Å². The molecule has 0 saturated carbocycles. The number of aryl methyl sites for hydroxylation is 1. The molecule has 2 aromatic carbocycles. The van der Waals surface area contributed by atoms with E-state index in [0.717, 1.165) is 28.8 Å². The van der Waals surface area contributed by atoms with Gasteiger partial charge in [0.25, 0.3) is 5.91 Å². The van der Waals surface area contributed by atoms with E-state index in [-0.39, 0.29) is 18.3 Å². The topological polar surface area (TPSA) is 75.8 Å². The average Bonchev–Trinajstić information content (AvgIpc) is 2.61. The maximum absolute atomic E-state index is 13.0. The van der Waals surface area contributed by atoms with Gasteiger partial charge in [-0.1, -0.05) is 57.5 Å². The van der Waals surface area contributed by atoms with Crippen LogP contribution in [-0.4, -0.2) is 29.1 Å². The highest BCUT2D eigenvalue weighted by Gasteiger charge is 2.19. The summed E-state index contributed by atoms with van der Waals surface area (Å²) >= 11 is 0. The molecule has 2 N–H and O–H groups in total. The molecule has 1 atom stereocenters. The van der Waals surface area contributed by atoms with E-state index in [2.05, 4.69) is 51.1 Å². The van der Waals surface area contributed by atoms with Crippen molar-refractivity contribution < 1.29 is 9.00 Å². The van der Waals surface area contributed by atoms with Crippen LogP contribution in [0.25, 0.3) is 0 Å². The predicted octanol–water partition coefficient (Wildman–Crippen LogP) is 4.77. The Labute approximate surface area is 182 Å². The van der Waals surface area contributed by atoms with Gasteiger partial charge in [0, 0.05) is 6.54 Å². The fourth-order valence-corrected chi connectivity index (χ4v) is 4.65. The normalized spacial score (nSPS) is 13.7. The second kappa shape index (κ2) is 9.86. The molecule has 164 valence electrons. The standard InChI is InChI=1S/C24H35N3O2S/c1-16(2)21-12-18(5)13-22(17(3)4)23(21)14-24(28)26-30(25,29)20-10-8-19(9-11-20)15-27(6)7/h8-13,16-17H,14-15H2,1-7H3,(H2,25,26,28,29). The molecule has 0 aliphatic rings. The minimum atomic E-state index is -3.29. The Hall–Kier alpha value is -2.02. The molecule has 0 fully saturated rings.